The fraction of sp³-hybridized carbons (Fsp3) is 0.385. The van der Waals surface area contributed by atoms with Crippen LogP contribution in [0.4, 0.5) is 15.3 Å². The summed E-state index contributed by atoms with van der Waals surface area (Å²) in [6.45, 7) is 0.0565. The molecule has 0 spiro atoms. The van der Waals surface area contributed by atoms with Crippen molar-refractivity contribution in [2.24, 2.45) is 5.92 Å². The van der Waals surface area contributed by atoms with E-state index in [0.29, 0.717) is 17.1 Å². The summed E-state index contributed by atoms with van der Waals surface area (Å²) in [5.74, 6) is -1.32. The second kappa shape index (κ2) is 5.24. The van der Waals surface area contributed by atoms with Crippen LogP contribution in [0.1, 0.15) is 6.42 Å². The van der Waals surface area contributed by atoms with E-state index in [2.05, 4.69) is 5.32 Å². The molecule has 0 saturated carbocycles. The van der Waals surface area contributed by atoms with Crippen LogP contribution >= 0.6 is 0 Å². The van der Waals surface area contributed by atoms with E-state index in [1.54, 1.807) is 18.2 Å². The monoisotopic (exact) mass is 328 g/mol. The van der Waals surface area contributed by atoms with E-state index in [4.69, 9.17) is 4.74 Å². The fourth-order valence-corrected chi connectivity index (χ4v) is 3.45. The van der Waals surface area contributed by atoms with Crippen LogP contribution in [-0.4, -0.2) is 39.1 Å². The van der Waals surface area contributed by atoms with Crippen LogP contribution < -0.4 is 15.0 Å². The minimum absolute atomic E-state index is 0.0247. The van der Waals surface area contributed by atoms with Crippen molar-refractivity contribution in [1.82, 2.24) is 0 Å². The Bertz CT molecular complexity index is 749. The molecule has 2 aliphatic rings. The zero-order valence-corrected chi connectivity index (χ0v) is 12.2. The first-order valence-corrected chi connectivity index (χ1v) is 8.16. The van der Waals surface area contributed by atoms with E-state index in [1.165, 1.54) is 4.90 Å². The van der Waals surface area contributed by atoms with Crippen LogP contribution in [0.25, 0.3) is 0 Å². The highest BCUT2D eigenvalue weighted by molar-refractivity contribution is 7.86. The maximum Gasteiger partial charge on any atom is 0.302 e. The van der Waals surface area contributed by atoms with Gasteiger partial charge in [-0.05, 0) is 18.2 Å². The zero-order chi connectivity index (χ0) is 15.9. The maximum absolute atomic E-state index is 12.7. The first-order chi connectivity index (χ1) is 10.3. The molecule has 0 aliphatic carbocycles. The summed E-state index contributed by atoms with van der Waals surface area (Å²) in [6.07, 6.45) is -0.0247. The normalized spacial score (nSPS) is 21.3. The molecule has 1 aromatic carbocycles. The number of hydrogen-bond acceptors (Lipinski definition) is 5. The van der Waals surface area contributed by atoms with Gasteiger partial charge in [0, 0.05) is 24.6 Å². The number of amides is 2. The second-order valence-electron chi connectivity index (χ2n) is 5.30. The Hall–Kier alpha value is -2.16. The smallest absolute Gasteiger partial charge is 0.302 e. The van der Waals surface area contributed by atoms with Crippen molar-refractivity contribution in [3.63, 3.8) is 0 Å². The third kappa shape index (κ3) is 3.03. The lowest BCUT2D eigenvalue weighted by Gasteiger charge is -2.22. The molecule has 0 aromatic heterocycles. The van der Waals surface area contributed by atoms with Gasteiger partial charge in [0.1, 0.15) is 5.75 Å². The van der Waals surface area contributed by atoms with E-state index < -0.39 is 21.9 Å². The first kappa shape index (κ1) is 14.8. The molecule has 1 N–H and O–H groups in total. The topological polar surface area (TPSA) is 92.8 Å². The van der Waals surface area contributed by atoms with Crippen LogP contribution in [0.3, 0.4) is 0 Å². The lowest BCUT2D eigenvalue weighted by molar-refractivity contribution is -0.118. The standard InChI is InChI=1S/C13H13FN2O5S/c14-22(19,20)7-8-3-13(18)16(5-8)9-1-2-11-10(4-9)15-12(17)6-21-11/h1-2,4,8H,3,5-7H2,(H,15,17). The summed E-state index contributed by atoms with van der Waals surface area (Å²) < 4.78 is 39.4. The number of hydrogen-bond donors (Lipinski definition) is 1. The van der Waals surface area contributed by atoms with Crippen LogP contribution in [0.15, 0.2) is 18.2 Å². The van der Waals surface area contributed by atoms with Gasteiger partial charge < -0.3 is 15.0 Å². The molecule has 1 saturated heterocycles. The van der Waals surface area contributed by atoms with E-state index in [-0.39, 0.29) is 31.4 Å². The molecular formula is C13H13FN2O5S. The third-order valence-corrected chi connectivity index (χ3v) is 4.42. The fourth-order valence-electron chi connectivity index (χ4n) is 2.66. The molecule has 3 rings (SSSR count). The largest absolute Gasteiger partial charge is 0.482 e. The van der Waals surface area contributed by atoms with E-state index in [0.717, 1.165) is 0 Å². The number of fused-ring (bicyclic) bond motifs is 1. The molecule has 2 aliphatic heterocycles. The highest BCUT2D eigenvalue weighted by atomic mass is 32.3. The van der Waals surface area contributed by atoms with Gasteiger partial charge in [-0.15, -0.1) is 3.89 Å². The minimum atomic E-state index is -4.61. The van der Waals surface area contributed by atoms with Gasteiger partial charge in [0.15, 0.2) is 6.61 Å². The molecule has 1 fully saturated rings. The molecular weight excluding hydrogens is 315 g/mol. The number of benzene rings is 1. The number of anilines is 2. The summed E-state index contributed by atoms with van der Waals surface area (Å²) >= 11 is 0. The van der Waals surface area contributed by atoms with Crippen LogP contribution in [0.2, 0.25) is 0 Å². The van der Waals surface area contributed by atoms with E-state index in [9.17, 15) is 21.9 Å². The maximum atomic E-state index is 12.7. The Kier molecular flexibility index (Phi) is 3.51. The second-order valence-corrected chi connectivity index (χ2v) is 6.71. The van der Waals surface area contributed by atoms with Crippen LogP contribution in [-0.2, 0) is 19.8 Å². The summed E-state index contributed by atoms with van der Waals surface area (Å²) in [4.78, 5) is 24.7. The van der Waals surface area contributed by atoms with Gasteiger partial charge in [-0.2, -0.15) is 8.42 Å². The molecule has 0 radical (unpaired) electrons. The summed E-state index contributed by atoms with van der Waals surface area (Å²) in [5, 5.41) is 2.63. The number of nitrogens with zero attached hydrogens (tertiary/aromatic N) is 1. The molecule has 118 valence electrons. The minimum Gasteiger partial charge on any atom is -0.482 e. The number of carbonyl (C=O) groups is 2. The van der Waals surface area contributed by atoms with Gasteiger partial charge in [0.25, 0.3) is 5.91 Å². The predicted molar refractivity (Wildman–Crippen MR) is 75.9 cm³/mol. The predicted octanol–water partition coefficient (Wildman–Crippen LogP) is 0.670. The van der Waals surface area contributed by atoms with Crippen molar-refractivity contribution in [2.45, 2.75) is 6.42 Å². The van der Waals surface area contributed by atoms with Crippen molar-refractivity contribution in [2.75, 3.05) is 29.1 Å². The Balaban J connectivity index is 1.81. The summed E-state index contributed by atoms with van der Waals surface area (Å²) in [6, 6.07) is 4.84. The molecule has 0 bridgehead atoms. The Labute approximate surface area is 126 Å². The Morgan fingerprint density at radius 3 is 2.86 bits per heavy atom. The third-order valence-electron chi connectivity index (χ3n) is 3.55. The van der Waals surface area contributed by atoms with Crippen molar-refractivity contribution in [1.29, 1.82) is 0 Å². The number of rotatable bonds is 3. The van der Waals surface area contributed by atoms with E-state index in [1.807, 2.05) is 0 Å². The van der Waals surface area contributed by atoms with Crippen LogP contribution in [0.5, 0.6) is 5.75 Å². The molecule has 1 unspecified atom stereocenters. The van der Waals surface area contributed by atoms with Crippen molar-refractivity contribution in [3.05, 3.63) is 18.2 Å². The molecule has 9 heteroatoms. The van der Waals surface area contributed by atoms with Crippen molar-refractivity contribution in [3.8, 4) is 5.75 Å². The van der Waals surface area contributed by atoms with Crippen LogP contribution in [0, 0.1) is 5.92 Å². The van der Waals surface area contributed by atoms with Gasteiger partial charge in [-0.25, -0.2) is 0 Å². The number of carbonyl (C=O) groups excluding carboxylic acids is 2. The number of halogens is 1. The summed E-state index contributed by atoms with van der Waals surface area (Å²) in [7, 11) is -4.61. The summed E-state index contributed by atoms with van der Waals surface area (Å²) in [5.41, 5.74) is 0.955. The number of ether oxygens (including phenoxy) is 1. The average Bonchev–Trinajstić information content (AvgIpc) is 2.76. The van der Waals surface area contributed by atoms with Gasteiger partial charge in [0.2, 0.25) is 5.91 Å². The molecule has 1 aromatic rings. The number of nitrogens with one attached hydrogen (secondary N) is 1. The zero-order valence-electron chi connectivity index (χ0n) is 11.4. The lowest BCUT2D eigenvalue weighted by atomic mass is 10.1. The average molecular weight is 328 g/mol. The van der Waals surface area contributed by atoms with Crippen molar-refractivity contribution < 1.29 is 26.6 Å². The quantitative estimate of drug-likeness (QED) is 0.823. The first-order valence-electron chi connectivity index (χ1n) is 6.61. The Morgan fingerprint density at radius 1 is 1.36 bits per heavy atom. The molecule has 1 atom stereocenters. The van der Waals surface area contributed by atoms with Gasteiger partial charge >= 0.3 is 10.2 Å². The Morgan fingerprint density at radius 2 is 2.14 bits per heavy atom. The van der Waals surface area contributed by atoms with Gasteiger partial charge in [0.05, 0.1) is 11.4 Å². The lowest BCUT2D eigenvalue weighted by Crippen LogP contribution is -2.27. The van der Waals surface area contributed by atoms with Gasteiger partial charge in [-0.3, -0.25) is 9.59 Å². The molecule has 7 nitrogen and oxygen atoms in total. The highest BCUT2D eigenvalue weighted by Gasteiger charge is 2.34. The van der Waals surface area contributed by atoms with Gasteiger partial charge in [-0.1, -0.05) is 0 Å². The van der Waals surface area contributed by atoms with E-state index >= 15 is 0 Å². The highest BCUT2D eigenvalue weighted by Crippen LogP contribution is 2.34. The molecule has 2 heterocycles. The van der Waals surface area contributed by atoms with Crippen molar-refractivity contribution >= 4 is 33.4 Å². The molecule has 2 amide bonds. The SMILES string of the molecule is O=C1COc2ccc(N3CC(CS(=O)(=O)F)CC3=O)cc2N1. The molecule has 22 heavy (non-hydrogen) atoms.